The molecule has 0 aliphatic heterocycles. The van der Waals surface area contributed by atoms with Gasteiger partial charge in [-0.3, -0.25) is 9.36 Å². The van der Waals surface area contributed by atoms with Crippen LogP contribution in [0.15, 0.2) is 0 Å². The Balaban J connectivity index is 4.27. The first-order valence-electron chi connectivity index (χ1n) is 4.32. The third-order valence-corrected chi connectivity index (χ3v) is 3.32. The van der Waals surface area contributed by atoms with Gasteiger partial charge in [0.25, 0.3) is 0 Å². The van der Waals surface area contributed by atoms with E-state index in [-0.39, 0.29) is 12.5 Å². The van der Waals surface area contributed by atoms with Gasteiger partial charge in [-0.05, 0) is 19.3 Å². The Morgan fingerprint density at radius 2 is 1.93 bits per heavy atom. The predicted octanol–water partition coefficient (Wildman–Crippen LogP) is 0.135. The molecule has 0 rings (SSSR count). The minimum absolute atomic E-state index is 0.0887. The number of hydrogen-bond acceptors (Lipinski definition) is 3. The average Bonchev–Trinajstić information content (AvgIpc) is 2.01. The van der Waals surface area contributed by atoms with Crippen molar-refractivity contribution in [2.75, 3.05) is 0 Å². The molecule has 0 aromatic rings. The van der Waals surface area contributed by atoms with Crippen LogP contribution in [0.4, 0.5) is 0 Å². The van der Waals surface area contributed by atoms with Crippen LogP contribution in [-0.4, -0.2) is 32.6 Å². The molecule has 6 nitrogen and oxygen atoms in total. The van der Waals surface area contributed by atoms with Crippen LogP contribution >= 0.6 is 7.60 Å². The van der Waals surface area contributed by atoms with Crippen molar-refractivity contribution in [1.82, 2.24) is 0 Å². The summed E-state index contributed by atoms with van der Waals surface area (Å²) in [6, 6.07) is -0.205. The second-order valence-corrected chi connectivity index (χ2v) is 4.99. The molecule has 7 heteroatoms. The molecule has 14 heavy (non-hydrogen) atoms. The topological polar surface area (TPSA) is 121 Å². The second kappa shape index (κ2) is 5.46. The van der Waals surface area contributed by atoms with Gasteiger partial charge >= 0.3 is 13.6 Å². The SMILES string of the molecule is CCC(N)CCC(C(=O)O)P(=O)(O)O. The summed E-state index contributed by atoms with van der Waals surface area (Å²) in [4.78, 5) is 28.0. The highest BCUT2D eigenvalue weighted by molar-refractivity contribution is 7.53. The molecule has 0 amide bonds. The van der Waals surface area contributed by atoms with Crippen molar-refractivity contribution in [3.05, 3.63) is 0 Å². The Bertz CT molecular complexity index is 238. The largest absolute Gasteiger partial charge is 0.481 e. The van der Waals surface area contributed by atoms with Crippen LogP contribution in [0.5, 0.6) is 0 Å². The number of carboxylic acids is 1. The number of hydrogen-bond donors (Lipinski definition) is 4. The lowest BCUT2D eigenvalue weighted by molar-refractivity contribution is -0.137. The lowest BCUT2D eigenvalue weighted by Gasteiger charge is -2.15. The molecule has 0 aromatic heterocycles. The van der Waals surface area contributed by atoms with Gasteiger partial charge in [0.05, 0.1) is 0 Å². The number of nitrogens with two attached hydrogens (primary N) is 1. The van der Waals surface area contributed by atoms with Crippen molar-refractivity contribution in [2.45, 2.75) is 37.9 Å². The van der Waals surface area contributed by atoms with E-state index >= 15 is 0 Å². The molecular formula is C7H16NO5P. The van der Waals surface area contributed by atoms with Gasteiger partial charge in [-0.25, -0.2) is 0 Å². The zero-order valence-corrected chi connectivity index (χ0v) is 8.85. The van der Waals surface area contributed by atoms with Crippen molar-refractivity contribution in [2.24, 2.45) is 5.73 Å². The summed E-state index contributed by atoms with van der Waals surface area (Å²) in [5, 5.41) is 8.56. The molecule has 0 saturated carbocycles. The minimum atomic E-state index is -4.55. The maximum absolute atomic E-state index is 10.7. The summed E-state index contributed by atoms with van der Waals surface area (Å²) in [5.74, 6) is -1.47. The first-order valence-corrected chi connectivity index (χ1v) is 6.00. The molecule has 2 atom stereocenters. The van der Waals surface area contributed by atoms with E-state index in [0.29, 0.717) is 12.8 Å². The number of rotatable bonds is 6. The van der Waals surface area contributed by atoms with Crippen LogP contribution in [0.2, 0.25) is 0 Å². The van der Waals surface area contributed by atoms with E-state index in [1.807, 2.05) is 6.92 Å². The molecule has 0 heterocycles. The zero-order chi connectivity index (χ0) is 11.4. The van der Waals surface area contributed by atoms with E-state index in [1.54, 1.807) is 0 Å². The van der Waals surface area contributed by atoms with Gasteiger partial charge in [0.1, 0.15) is 0 Å². The fourth-order valence-corrected chi connectivity index (χ4v) is 1.78. The monoisotopic (exact) mass is 225 g/mol. The van der Waals surface area contributed by atoms with Crippen LogP contribution < -0.4 is 5.73 Å². The highest BCUT2D eigenvalue weighted by atomic mass is 31.2. The van der Waals surface area contributed by atoms with Gasteiger partial charge in [0.2, 0.25) is 0 Å². The van der Waals surface area contributed by atoms with Crippen molar-refractivity contribution in [3.63, 3.8) is 0 Å². The van der Waals surface area contributed by atoms with Crippen molar-refractivity contribution >= 4 is 13.6 Å². The molecular weight excluding hydrogens is 209 g/mol. The number of carbonyl (C=O) groups is 1. The average molecular weight is 225 g/mol. The summed E-state index contributed by atoms with van der Waals surface area (Å²) < 4.78 is 10.7. The minimum Gasteiger partial charge on any atom is -0.481 e. The van der Waals surface area contributed by atoms with Crippen LogP contribution in [-0.2, 0) is 9.36 Å². The smallest absolute Gasteiger partial charge is 0.339 e. The standard InChI is InChI=1S/C7H16NO5P/c1-2-5(8)3-4-6(7(9)10)14(11,12)13/h5-6H,2-4,8H2,1H3,(H,9,10)(H2,11,12,13). The molecule has 0 aliphatic carbocycles. The van der Waals surface area contributed by atoms with Crippen LogP contribution in [0.3, 0.4) is 0 Å². The first-order chi connectivity index (χ1) is 6.29. The maximum atomic E-state index is 10.7. The fraction of sp³-hybridized carbons (Fsp3) is 0.857. The summed E-state index contributed by atoms with van der Waals surface area (Å²) in [5.41, 5.74) is 3.89. The molecule has 0 saturated heterocycles. The maximum Gasteiger partial charge on any atom is 0.339 e. The van der Waals surface area contributed by atoms with E-state index in [9.17, 15) is 9.36 Å². The van der Waals surface area contributed by atoms with E-state index < -0.39 is 19.2 Å². The van der Waals surface area contributed by atoms with Crippen molar-refractivity contribution < 1.29 is 24.3 Å². The zero-order valence-electron chi connectivity index (χ0n) is 7.96. The molecule has 84 valence electrons. The van der Waals surface area contributed by atoms with Gasteiger partial charge in [0, 0.05) is 6.04 Å². The van der Waals surface area contributed by atoms with Crippen molar-refractivity contribution in [1.29, 1.82) is 0 Å². The lowest BCUT2D eigenvalue weighted by atomic mass is 10.1. The van der Waals surface area contributed by atoms with Crippen LogP contribution in [0, 0.1) is 0 Å². The van der Waals surface area contributed by atoms with Gasteiger partial charge < -0.3 is 20.6 Å². The number of aliphatic carboxylic acids is 1. The quantitative estimate of drug-likeness (QED) is 0.477. The van der Waals surface area contributed by atoms with E-state index in [0.717, 1.165) is 0 Å². The van der Waals surface area contributed by atoms with Crippen molar-refractivity contribution in [3.8, 4) is 0 Å². The Kier molecular flexibility index (Phi) is 5.29. The van der Waals surface area contributed by atoms with E-state index in [2.05, 4.69) is 0 Å². The van der Waals surface area contributed by atoms with Gasteiger partial charge in [-0.2, -0.15) is 0 Å². The highest BCUT2D eigenvalue weighted by Gasteiger charge is 2.35. The molecule has 2 unspecified atom stereocenters. The Morgan fingerprint density at radius 3 is 2.21 bits per heavy atom. The lowest BCUT2D eigenvalue weighted by Crippen LogP contribution is -2.25. The number of carboxylic acid groups (broad SMARTS) is 1. The molecule has 0 spiro atoms. The molecule has 5 N–H and O–H groups in total. The Labute approximate surface area is 82.3 Å². The Morgan fingerprint density at radius 1 is 1.43 bits per heavy atom. The van der Waals surface area contributed by atoms with E-state index in [1.165, 1.54) is 0 Å². The van der Waals surface area contributed by atoms with Gasteiger partial charge in [-0.15, -0.1) is 0 Å². The Hall–Kier alpha value is -0.420. The third kappa shape index (κ3) is 4.72. The summed E-state index contributed by atoms with van der Waals surface area (Å²) >= 11 is 0. The first kappa shape index (κ1) is 13.6. The highest BCUT2D eigenvalue weighted by Crippen LogP contribution is 2.43. The summed E-state index contributed by atoms with van der Waals surface area (Å²) in [6.45, 7) is 1.83. The third-order valence-electron chi connectivity index (χ3n) is 2.03. The molecule has 0 radical (unpaired) electrons. The molecule has 0 fully saturated rings. The van der Waals surface area contributed by atoms with E-state index in [4.69, 9.17) is 20.6 Å². The normalized spacial score (nSPS) is 16.3. The fourth-order valence-electron chi connectivity index (χ4n) is 1.01. The van der Waals surface area contributed by atoms with Crippen LogP contribution in [0.1, 0.15) is 26.2 Å². The second-order valence-electron chi connectivity index (χ2n) is 3.19. The molecule has 0 aromatic carbocycles. The molecule has 0 bridgehead atoms. The summed E-state index contributed by atoms with van der Waals surface area (Å²) in [7, 11) is -4.55. The predicted molar refractivity (Wildman–Crippen MR) is 51.0 cm³/mol. The van der Waals surface area contributed by atoms with Gasteiger partial charge in [0.15, 0.2) is 5.66 Å². The van der Waals surface area contributed by atoms with Gasteiger partial charge in [-0.1, -0.05) is 6.92 Å². The summed E-state index contributed by atoms with van der Waals surface area (Å²) in [6.07, 6.45) is 0.876. The van der Waals surface area contributed by atoms with Crippen LogP contribution in [0.25, 0.3) is 0 Å². The molecule has 0 aliphatic rings.